The molecule has 0 aliphatic rings. The molecule has 0 atom stereocenters. The first kappa shape index (κ1) is 12.8. The molecule has 0 fully saturated rings. The first-order chi connectivity index (χ1) is 9.61. The molecule has 0 amide bonds. The number of nitrogens with one attached hydrogen (secondary N) is 1. The number of carbonyl (C=O) groups excluding carboxylic acids is 1. The number of halogens is 3. The average Bonchev–Trinajstić information content (AvgIpc) is 2.77. The van der Waals surface area contributed by atoms with Crippen LogP contribution in [0.5, 0.6) is 0 Å². The lowest BCUT2D eigenvalue weighted by molar-refractivity contribution is 0.112. The lowest BCUT2D eigenvalue weighted by atomic mass is 10.1. The van der Waals surface area contributed by atoms with Crippen molar-refractivity contribution >= 4 is 28.8 Å². The second-order valence-electron chi connectivity index (χ2n) is 4.32. The molecule has 1 heterocycles. The normalized spacial score (nSPS) is 10.9. The molecule has 0 aliphatic carbocycles. The quantitative estimate of drug-likeness (QED) is 0.689. The highest BCUT2D eigenvalue weighted by molar-refractivity contribution is 6.33. The van der Waals surface area contributed by atoms with Crippen molar-refractivity contribution in [1.82, 2.24) is 4.98 Å². The highest BCUT2D eigenvalue weighted by Crippen LogP contribution is 2.34. The summed E-state index contributed by atoms with van der Waals surface area (Å²) >= 11 is 6.08. The van der Waals surface area contributed by atoms with E-state index >= 15 is 0 Å². The van der Waals surface area contributed by atoms with E-state index in [0.717, 1.165) is 12.1 Å². The predicted molar refractivity (Wildman–Crippen MR) is 74.0 cm³/mol. The minimum Gasteiger partial charge on any atom is -0.351 e. The summed E-state index contributed by atoms with van der Waals surface area (Å²) in [5, 5.41) is 0.621. The van der Waals surface area contributed by atoms with Gasteiger partial charge in [0.15, 0.2) is 6.29 Å². The van der Waals surface area contributed by atoms with Gasteiger partial charge < -0.3 is 4.98 Å². The summed E-state index contributed by atoms with van der Waals surface area (Å²) in [7, 11) is 0. The summed E-state index contributed by atoms with van der Waals surface area (Å²) in [6.45, 7) is 0. The Balaban J connectivity index is 2.40. The van der Waals surface area contributed by atoms with Gasteiger partial charge in [-0.25, -0.2) is 8.78 Å². The minimum absolute atomic E-state index is 0.0865. The van der Waals surface area contributed by atoms with E-state index in [1.54, 1.807) is 24.3 Å². The molecule has 0 spiro atoms. The van der Waals surface area contributed by atoms with Crippen molar-refractivity contribution in [3.8, 4) is 11.3 Å². The van der Waals surface area contributed by atoms with Gasteiger partial charge in [-0.15, -0.1) is 0 Å². The predicted octanol–water partition coefficient (Wildman–Crippen LogP) is 4.58. The third-order valence-electron chi connectivity index (χ3n) is 3.13. The van der Waals surface area contributed by atoms with Gasteiger partial charge in [0.1, 0.15) is 11.6 Å². The van der Waals surface area contributed by atoms with Crippen LogP contribution >= 0.6 is 11.6 Å². The zero-order chi connectivity index (χ0) is 14.3. The molecule has 0 radical (unpaired) electrons. The third-order valence-corrected chi connectivity index (χ3v) is 3.46. The monoisotopic (exact) mass is 291 g/mol. The second-order valence-corrected chi connectivity index (χ2v) is 4.73. The van der Waals surface area contributed by atoms with Crippen molar-refractivity contribution in [1.29, 1.82) is 0 Å². The summed E-state index contributed by atoms with van der Waals surface area (Å²) in [5.74, 6) is -1.48. The molecule has 0 bridgehead atoms. The van der Waals surface area contributed by atoms with Gasteiger partial charge >= 0.3 is 0 Å². The highest BCUT2D eigenvalue weighted by Gasteiger charge is 2.17. The van der Waals surface area contributed by atoms with Crippen LogP contribution in [0.2, 0.25) is 5.02 Å². The molecular formula is C15H8ClF2NO. The molecule has 0 unspecified atom stereocenters. The fourth-order valence-corrected chi connectivity index (χ4v) is 2.47. The molecule has 2 aromatic carbocycles. The SMILES string of the molecule is O=Cc1c(-c2ccccc2Cl)[nH]c2c(F)cc(F)cc12. The number of aromatic amines is 1. The summed E-state index contributed by atoms with van der Waals surface area (Å²) < 4.78 is 27.1. The van der Waals surface area contributed by atoms with Crippen molar-refractivity contribution < 1.29 is 13.6 Å². The average molecular weight is 292 g/mol. The molecule has 0 saturated carbocycles. The molecule has 5 heteroatoms. The van der Waals surface area contributed by atoms with Crippen molar-refractivity contribution in [2.24, 2.45) is 0 Å². The van der Waals surface area contributed by atoms with Crippen LogP contribution < -0.4 is 0 Å². The Morgan fingerprint density at radius 1 is 1.15 bits per heavy atom. The first-order valence-corrected chi connectivity index (χ1v) is 6.20. The third kappa shape index (κ3) is 1.89. The van der Waals surface area contributed by atoms with Gasteiger partial charge in [-0.05, 0) is 12.1 Å². The minimum atomic E-state index is -0.749. The van der Waals surface area contributed by atoms with Crippen LogP contribution in [0.1, 0.15) is 10.4 Å². The van der Waals surface area contributed by atoms with Gasteiger partial charge in [0.05, 0.1) is 11.2 Å². The summed E-state index contributed by atoms with van der Waals surface area (Å²) in [4.78, 5) is 14.1. The Morgan fingerprint density at radius 3 is 2.60 bits per heavy atom. The van der Waals surface area contributed by atoms with Gasteiger partial charge in [0.25, 0.3) is 0 Å². The molecule has 100 valence electrons. The summed E-state index contributed by atoms with van der Waals surface area (Å²) in [6.07, 6.45) is 0.566. The molecule has 20 heavy (non-hydrogen) atoms. The largest absolute Gasteiger partial charge is 0.351 e. The van der Waals surface area contributed by atoms with Crippen LogP contribution in [0.15, 0.2) is 36.4 Å². The Hall–Kier alpha value is -2.20. The zero-order valence-corrected chi connectivity index (χ0v) is 10.8. The smallest absolute Gasteiger partial charge is 0.152 e. The van der Waals surface area contributed by atoms with E-state index in [0.29, 0.717) is 22.6 Å². The fraction of sp³-hybridized carbons (Fsp3) is 0. The van der Waals surface area contributed by atoms with Crippen LogP contribution in [0.3, 0.4) is 0 Å². The number of rotatable bonds is 2. The van der Waals surface area contributed by atoms with Crippen molar-refractivity contribution in [3.05, 3.63) is 58.6 Å². The van der Waals surface area contributed by atoms with Crippen molar-refractivity contribution in [3.63, 3.8) is 0 Å². The first-order valence-electron chi connectivity index (χ1n) is 5.82. The molecule has 3 aromatic rings. The number of H-pyrrole nitrogens is 1. The van der Waals surface area contributed by atoms with E-state index in [2.05, 4.69) is 4.98 Å². The Kier molecular flexibility index (Phi) is 3.03. The van der Waals surface area contributed by atoms with Crippen LogP contribution in [0.25, 0.3) is 22.2 Å². The number of benzene rings is 2. The Morgan fingerprint density at radius 2 is 1.90 bits per heavy atom. The maximum Gasteiger partial charge on any atom is 0.152 e. The number of aldehydes is 1. The topological polar surface area (TPSA) is 32.9 Å². The maximum absolute atomic E-state index is 13.8. The van der Waals surface area contributed by atoms with Gasteiger partial charge in [-0.1, -0.05) is 29.8 Å². The van der Waals surface area contributed by atoms with Crippen molar-refractivity contribution in [2.45, 2.75) is 0 Å². The van der Waals surface area contributed by atoms with E-state index in [9.17, 15) is 13.6 Å². The Bertz CT molecular complexity index is 826. The summed E-state index contributed by atoms with van der Waals surface area (Å²) in [6, 6.07) is 8.75. The fourth-order valence-electron chi connectivity index (χ4n) is 2.24. The number of hydrogen-bond acceptors (Lipinski definition) is 1. The summed E-state index contributed by atoms with van der Waals surface area (Å²) in [5.41, 5.74) is 1.22. The second kappa shape index (κ2) is 4.72. The van der Waals surface area contributed by atoms with E-state index in [4.69, 9.17) is 11.6 Å². The van der Waals surface area contributed by atoms with E-state index < -0.39 is 11.6 Å². The van der Waals surface area contributed by atoms with E-state index in [1.807, 2.05) is 0 Å². The molecular weight excluding hydrogens is 284 g/mol. The van der Waals surface area contributed by atoms with Gasteiger partial charge in [-0.3, -0.25) is 4.79 Å². The Labute approximate surface area is 118 Å². The van der Waals surface area contributed by atoms with Gasteiger partial charge in [0, 0.05) is 27.6 Å². The van der Waals surface area contributed by atoms with Crippen LogP contribution in [0, 0.1) is 11.6 Å². The van der Waals surface area contributed by atoms with Crippen LogP contribution in [0.4, 0.5) is 8.78 Å². The molecule has 0 aliphatic heterocycles. The molecule has 1 aromatic heterocycles. The number of hydrogen-bond donors (Lipinski definition) is 1. The van der Waals surface area contributed by atoms with Crippen LogP contribution in [-0.4, -0.2) is 11.3 Å². The molecule has 0 saturated heterocycles. The number of carbonyl (C=O) groups is 1. The molecule has 1 N–H and O–H groups in total. The van der Waals surface area contributed by atoms with E-state index in [1.165, 1.54) is 0 Å². The maximum atomic E-state index is 13.8. The van der Waals surface area contributed by atoms with Crippen LogP contribution in [-0.2, 0) is 0 Å². The molecule has 3 rings (SSSR count). The van der Waals surface area contributed by atoms with Gasteiger partial charge in [0.2, 0.25) is 0 Å². The molecule has 2 nitrogen and oxygen atoms in total. The lowest BCUT2D eigenvalue weighted by Gasteiger charge is -2.02. The lowest BCUT2D eigenvalue weighted by Crippen LogP contribution is -1.85. The van der Waals surface area contributed by atoms with Crippen molar-refractivity contribution in [2.75, 3.05) is 0 Å². The number of aromatic nitrogens is 1. The van der Waals surface area contributed by atoms with E-state index in [-0.39, 0.29) is 16.5 Å². The number of fused-ring (bicyclic) bond motifs is 1. The zero-order valence-electron chi connectivity index (χ0n) is 10.1. The van der Waals surface area contributed by atoms with Gasteiger partial charge in [-0.2, -0.15) is 0 Å². The highest BCUT2D eigenvalue weighted by atomic mass is 35.5. The standard InChI is InChI=1S/C15H8ClF2NO/c16-12-4-2-1-3-9(12)14-11(7-20)10-5-8(17)6-13(18)15(10)19-14/h1-7,19H.